The number of carbonyl (C=O) groups is 2. The second-order valence-corrected chi connectivity index (χ2v) is 11.1. The zero-order valence-corrected chi connectivity index (χ0v) is 21.6. The van der Waals surface area contributed by atoms with Crippen molar-refractivity contribution >= 4 is 17.6 Å². The van der Waals surface area contributed by atoms with Gasteiger partial charge in [0, 0.05) is 30.6 Å². The number of nitro groups is 1. The molecule has 5 aliphatic rings. The van der Waals surface area contributed by atoms with Crippen molar-refractivity contribution in [3.63, 3.8) is 0 Å². The fraction of sp³-hybridized carbons (Fsp3) is 0.571. The van der Waals surface area contributed by atoms with Crippen molar-refractivity contribution in [1.82, 2.24) is 5.32 Å². The van der Waals surface area contributed by atoms with Crippen molar-refractivity contribution in [1.29, 1.82) is 0 Å². The highest BCUT2D eigenvalue weighted by Crippen LogP contribution is 2.57. The Morgan fingerprint density at radius 1 is 1.00 bits per heavy atom. The lowest BCUT2D eigenvalue weighted by atomic mass is 9.54. The van der Waals surface area contributed by atoms with Crippen LogP contribution in [0.2, 0.25) is 0 Å². The molecule has 0 saturated heterocycles. The molecular weight excluding hydrogens is 476 g/mol. The number of nitro benzene ring substituents is 1. The lowest BCUT2D eigenvalue weighted by Crippen LogP contribution is -2.53. The third-order valence-corrected chi connectivity index (χ3v) is 8.43. The highest BCUT2D eigenvalue weighted by Gasteiger charge is 2.54. The number of esters is 2. The molecule has 4 saturated carbocycles. The van der Waals surface area contributed by atoms with Crippen molar-refractivity contribution in [2.75, 3.05) is 20.3 Å². The van der Waals surface area contributed by atoms with Crippen molar-refractivity contribution < 1.29 is 28.7 Å². The number of ether oxygens (including phenoxy) is 3. The van der Waals surface area contributed by atoms with Gasteiger partial charge in [0.05, 0.1) is 28.6 Å². The third kappa shape index (κ3) is 4.89. The van der Waals surface area contributed by atoms with Crippen molar-refractivity contribution in [3.8, 4) is 0 Å². The molecule has 6 rings (SSSR count). The largest absolute Gasteiger partial charge is 0.460 e. The first-order valence-electron chi connectivity index (χ1n) is 13.0. The molecule has 9 nitrogen and oxygen atoms in total. The van der Waals surface area contributed by atoms with Crippen LogP contribution < -0.4 is 5.32 Å². The summed E-state index contributed by atoms with van der Waals surface area (Å²) in [7, 11) is 1.51. The summed E-state index contributed by atoms with van der Waals surface area (Å²) in [5.74, 6) is -0.152. The highest BCUT2D eigenvalue weighted by molar-refractivity contribution is 6.00. The number of non-ortho nitro benzene ring substituents is 1. The Balaban J connectivity index is 1.51. The van der Waals surface area contributed by atoms with Crippen LogP contribution in [0.15, 0.2) is 46.8 Å². The van der Waals surface area contributed by atoms with Crippen LogP contribution in [0.5, 0.6) is 0 Å². The van der Waals surface area contributed by atoms with Crippen LogP contribution in [0, 0.1) is 27.9 Å². The summed E-state index contributed by atoms with van der Waals surface area (Å²) < 4.78 is 16.8. The molecule has 0 radical (unpaired) electrons. The number of nitrogens with one attached hydrogen (secondary N) is 1. The van der Waals surface area contributed by atoms with E-state index in [4.69, 9.17) is 14.2 Å². The molecule has 0 spiro atoms. The minimum absolute atomic E-state index is 0.0452. The quantitative estimate of drug-likeness (QED) is 0.235. The van der Waals surface area contributed by atoms with Crippen LogP contribution in [0.25, 0.3) is 0 Å². The number of carbonyl (C=O) groups excluding carboxylic acids is 2. The smallest absolute Gasteiger partial charge is 0.337 e. The van der Waals surface area contributed by atoms with E-state index < -0.39 is 28.4 Å². The van der Waals surface area contributed by atoms with Crippen LogP contribution in [0.4, 0.5) is 5.69 Å². The normalized spacial score (nSPS) is 30.2. The SMILES string of the molecule is COCCOC(=O)C1=C(C)NC(C)=C(C(=O)OC23CC4CC(CC(C4)C2)C3)C1c1cccc([N+](=O)[O-])c1. The maximum Gasteiger partial charge on any atom is 0.337 e. The summed E-state index contributed by atoms with van der Waals surface area (Å²) in [5.41, 5.74) is 1.50. The summed E-state index contributed by atoms with van der Waals surface area (Å²) in [6.07, 6.45) is 6.30. The van der Waals surface area contributed by atoms with Gasteiger partial charge in [-0.25, -0.2) is 9.59 Å². The average molecular weight is 511 g/mol. The number of benzene rings is 1. The van der Waals surface area contributed by atoms with E-state index in [1.54, 1.807) is 26.0 Å². The lowest BCUT2D eigenvalue weighted by molar-refractivity contribution is -0.384. The highest BCUT2D eigenvalue weighted by atomic mass is 16.6. The minimum Gasteiger partial charge on any atom is -0.460 e. The van der Waals surface area contributed by atoms with Gasteiger partial charge in [0.2, 0.25) is 0 Å². The second kappa shape index (κ2) is 9.93. The molecule has 4 aliphatic carbocycles. The number of rotatable bonds is 8. The Kier molecular flexibility index (Phi) is 6.83. The van der Waals surface area contributed by atoms with Crippen LogP contribution in [0.3, 0.4) is 0 Å². The van der Waals surface area contributed by atoms with E-state index in [0.29, 0.717) is 40.3 Å². The predicted octanol–water partition coefficient (Wildman–Crippen LogP) is 4.53. The summed E-state index contributed by atoms with van der Waals surface area (Å²) in [4.78, 5) is 38.3. The van der Waals surface area contributed by atoms with Crippen LogP contribution in [0.1, 0.15) is 63.9 Å². The maximum absolute atomic E-state index is 14.0. The van der Waals surface area contributed by atoms with Crippen LogP contribution in [-0.2, 0) is 23.8 Å². The summed E-state index contributed by atoms with van der Waals surface area (Å²) in [6, 6.07) is 6.07. The Morgan fingerprint density at radius 3 is 2.16 bits per heavy atom. The summed E-state index contributed by atoms with van der Waals surface area (Å²) in [5, 5.41) is 14.7. The van der Waals surface area contributed by atoms with Crippen molar-refractivity contribution in [2.24, 2.45) is 17.8 Å². The van der Waals surface area contributed by atoms with Gasteiger partial charge in [-0.05, 0) is 75.7 Å². The molecule has 1 aromatic rings. The van der Waals surface area contributed by atoms with Crippen LogP contribution >= 0.6 is 0 Å². The first-order valence-corrected chi connectivity index (χ1v) is 13.0. The van der Waals surface area contributed by atoms with E-state index in [-0.39, 0.29) is 24.5 Å². The topological polar surface area (TPSA) is 117 Å². The van der Waals surface area contributed by atoms with E-state index in [0.717, 1.165) is 19.3 Å². The number of hydrogen-bond acceptors (Lipinski definition) is 8. The third-order valence-electron chi connectivity index (χ3n) is 8.43. The standard InChI is InChI=1S/C28H34N2O7/c1-16-23(26(31)36-8-7-35-3)25(21-5-4-6-22(12-21)30(33)34)24(17(2)29-16)27(32)37-28-13-18-9-19(14-28)11-20(10-18)15-28/h4-6,12,18-20,25,29H,7-11,13-15H2,1-3H3. The van der Waals surface area contributed by atoms with Gasteiger partial charge >= 0.3 is 11.9 Å². The molecule has 198 valence electrons. The zero-order chi connectivity index (χ0) is 26.3. The Hall–Kier alpha value is -3.20. The first kappa shape index (κ1) is 25.4. The fourth-order valence-electron chi connectivity index (χ4n) is 7.39. The monoisotopic (exact) mass is 510 g/mol. The number of dihydropyridines is 1. The first-order chi connectivity index (χ1) is 17.7. The van der Waals surface area contributed by atoms with Gasteiger partial charge in [-0.3, -0.25) is 10.1 Å². The van der Waals surface area contributed by atoms with E-state index in [2.05, 4.69) is 5.32 Å². The molecule has 1 heterocycles. The van der Waals surface area contributed by atoms with Crippen molar-refractivity contribution in [2.45, 2.75) is 63.9 Å². The molecule has 1 N–H and O–H groups in total. The second-order valence-electron chi connectivity index (χ2n) is 11.1. The maximum atomic E-state index is 14.0. The number of methoxy groups -OCH3 is 1. The zero-order valence-electron chi connectivity index (χ0n) is 21.6. The van der Waals surface area contributed by atoms with Gasteiger partial charge in [-0.15, -0.1) is 0 Å². The minimum atomic E-state index is -0.863. The molecule has 1 aromatic carbocycles. The molecule has 0 aromatic heterocycles. The molecular formula is C28H34N2O7. The number of allylic oxidation sites excluding steroid dienone is 2. The van der Waals surface area contributed by atoms with Gasteiger partial charge in [0.25, 0.3) is 5.69 Å². The molecule has 1 atom stereocenters. The molecule has 37 heavy (non-hydrogen) atoms. The van der Waals surface area contributed by atoms with E-state index in [1.165, 1.54) is 38.5 Å². The van der Waals surface area contributed by atoms with Gasteiger partial charge in [-0.2, -0.15) is 0 Å². The van der Waals surface area contributed by atoms with E-state index in [1.807, 2.05) is 0 Å². The lowest BCUT2D eigenvalue weighted by Gasteiger charge is -2.55. The molecule has 4 fully saturated rings. The summed E-state index contributed by atoms with van der Waals surface area (Å²) >= 11 is 0. The molecule has 9 heteroatoms. The van der Waals surface area contributed by atoms with Crippen LogP contribution in [-0.4, -0.2) is 42.8 Å². The molecule has 4 bridgehead atoms. The summed E-state index contributed by atoms with van der Waals surface area (Å²) in [6.45, 7) is 3.78. The predicted molar refractivity (Wildman–Crippen MR) is 134 cm³/mol. The molecule has 0 amide bonds. The van der Waals surface area contributed by atoms with E-state index in [9.17, 15) is 19.7 Å². The van der Waals surface area contributed by atoms with Gasteiger partial charge in [-0.1, -0.05) is 12.1 Å². The number of nitrogens with zero attached hydrogens (tertiary/aromatic N) is 1. The van der Waals surface area contributed by atoms with Gasteiger partial charge in [0.1, 0.15) is 12.2 Å². The molecule has 1 aliphatic heterocycles. The molecule has 1 unspecified atom stereocenters. The number of hydrogen-bond donors (Lipinski definition) is 1. The Morgan fingerprint density at radius 2 is 1.59 bits per heavy atom. The van der Waals surface area contributed by atoms with Crippen molar-refractivity contribution in [3.05, 3.63) is 62.5 Å². The average Bonchev–Trinajstić information content (AvgIpc) is 2.82. The van der Waals surface area contributed by atoms with Gasteiger partial charge in [0.15, 0.2) is 0 Å². The fourth-order valence-corrected chi connectivity index (χ4v) is 7.39. The van der Waals surface area contributed by atoms with Gasteiger partial charge < -0.3 is 19.5 Å². The Bertz CT molecular complexity index is 1150. The van der Waals surface area contributed by atoms with E-state index >= 15 is 0 Å². The Labute approximate surface area is 216 Å².